The molecular formula is C29H48N4O. The maximum absolute atomic E-state index is 13.3. The predicted octanol–water partition coefficient (Wildman–Crippen LogP) is 4.66. The molecule has 6 rings (SSSR count). The van der Waals surface area contributed by atoms with Crippen LogP contribution in [0.25, 0.3) is 0 Å². The number of hydrazine groups is 1. The Morgan fingerprint density at radius 3 is 2.21 bits per heavy atom. The third-order valence-electron chi connectivity index (χ3n) is 11.1. The zero-order valence-electron chi connectivity index (χ0n) is 21.6. The molecule has 6 aliphatic rings. The van der Waals surface area contributed by atoms with Crippen LogP contribution in [0.1, 0.15) is 84.0 Å². The lowest BCUT2D eigenvalue weighted by molar-refractivity contribution is -0.138. The number of nitrogens with one attached hydrogen (secondary N) is 1. The van der Waals surface area contributed by atoms with Crippen LogP contribution in [0.5, 0.6) is 0 Å². The van der Waals surface area contributed by atoms with Gasteiger partial charge in [-0.2, -0.15) is 0 Å². The fourth-order valence-corrected chi connectivity index (χ4v) is 8.00. The van der Waals surface area contributed by atoms with E-state index in [1.165, 1.54) is 83.0 Å². The van der Waals surface area contributed by atoms with Gasteiger partial charge in [0, 0.05) is 62.3 Å². The zero-order valence-corrected chi connectivity index (χ0v) is 21.6. The lowest BCUT2D eigenvalue weighted by Crippen LogP contribution is -2.51. The van der Waals surface area contributed by atoms with Crippen LogP contribution in [-0.2, 0) is 4.79 Å². The van der Waals surface area contributed by atoms with E-state index in [1.807, 2.05) is 0 Å². The Hall–Kier alpha value is -1.07. The number of amides is 1. The van der Waals surface area contributed by atoms with E-state index in [9.17, 15) is 4.79 Å². The van der Waals surface area contributed by atoms with Crippen molar-refractivity contribution in [2.75, 3.05) is 39.3 Å². The smallest absolute Gasteiger partial charge is 0.225 e. The van der Waals surface area contributed by atoms with Crippen molar-refractivity contribution in [1.29, 1.82) is 0 Å². The van der Waals surface area contributed by atoms with E-state index in [0.717, 1.165) is 68.7 Å². The molecule has 0 bridgehead atoms. The van der Waals surface area contributed by atoms with Gasteiger partial charge >= 0.3 is 0 Å². The largest absolute Gasteiger partial charge is 0.371 e. The van der Waals surface area contributed by atoms with E-state index < -0.39 is 0 Å². The summed E-state index contributed by atoms with van der Waals surface area (Å²) in [4.78, 5) is 17.9. The standard InChI is InChI=1S/C29H48N4O/c1-21(29(2)12-13-29)31-14-16-32(17-15-31)28(34)24-8-6-23(7-9-24)25-10-11-27-26(18-25)19-30-33(27)20-22-4-3-5-22/h22-27,30H,1,3-20H2,2H3. The lowest BCUT2D eigenvalue weighted by Gasteiger charge is -2.43. The molecule has 0 aromatic rings. The summed E-state index contributed by atoms with van der Waals surface area (Å²) in [5.41, 5.74) is 5.45. The molecule has 2 saturated heterocycles. The summed E-state index contributed by atoms with van der Waals surface area (Å²) >= 11 is 0. The third kappa shape index (κ3) is 4.56. The number of fused-ring (bicyclic) bond motifs is 1. The first-order valence-corrected chi connectivity index (χ1v) is 14.7. The van der Waals surface area contributed by atoms with Gasteiger partial charge in [-0.25, -0.2) is 5.01 Å². The van der Waals surface area contributed by atoms with Crippen molar-refractivity contribution < 1.29 is 4.79 Å². The summed E-state index contributed by atoms with van der Waals surface area (Å²) < 4.78 is 0. The van der Waals surface area contributed by atoms with Gasteiger partial charge in [0.2, 0.25) is 5.91 Å². The number of carbonyl (C=O) groups excluding carboxylic acids is 1. The number of nitrogens with zero attached hydrogens (tertiary/aromatic N) is 3. The van der Waals surface area contributed by atoms with Gasteiger partial charge in [0.15, 0.2) is 0 Å². The maximum Gasteiger partial charge on any atom is 0.225 e. The first-order chi connectivity index (χ1) is 16.5. The molecule has 0 aromatic carbocycles. The van der Waals surface area contributed by atoms with Gasteiger partial charge in [0.25, 0.3) is 0 Å². The Labute approximate surface area is 207 Å². The van der Waals surface area contributed by atoms with E-state index in [-0.39, 0.29) is 5.92 Å². The molecular weight excluding hydrogens is 420 g/mol. The molecule has 190 valence electrons. The van der Waals surface area contributed by atoms with E-state index in [0.29, 0.717) is 11.3 Å². The minimum atomic E-state index is 0.286. The Kier molecular flexibility index (Phi) is 6.47. The molecule has 6 fully saturated rings. The van der Waals surface area contributed by atoms with Crippen LogP contribution in [0.15, 0.2) is 12.3 Å². The van der Waals surface area contributed by atoms with E-state index in [1.54, 1.807) is 0 Å². The Morgan fingerprint density at radius 2 is 1.56 bits per heavy atom. The number of hydrogen-bond donors (Lipinski definition) is 1. The molecule has 2 aliphatic heterocycles. The molecule has 4 saturated carbocycles. The highest BCUT2D eigenvalue weighted by Gasteiger charge is 2.44. The van der Waals surface area contributed by atoms with Crippen LogP contribution in [0.3, 0.4) is 0 Å². The lowest BCUT2D eigenvalue weighted by atomic mass is 9.67. The van der Waals surface area contributed by atoms with Gasteiger partial charge in [-0.05, 0) is 94.3 Å². The SMILES string of the molecule is C=C(N1CCN(C(=O)C2CCC(C3CCC4C(CNN4CC4CCC4)C3)CC2)CC1)C1(C)CC1. The van der Waals surface area contributed by atoms with Crippen LogP contribution in [-0.4, -0.2) is 66.0 Å². The average Bonchev–Trinajstić information content (AvgIpc) is 3.48. The highest BCUT2D eigenvalue weighted by Crippen LogP contribution is 2.52. The monoisotopic (exact) mass is 468 g/mol. The molecule has 34 heavy (non-hydrogen) atoms. The summed E-state index contributed by atoms with van der Waals surface area (Å²) in [7, 11) is 0. The second kappa shape index (κ2) is 9.42. The molecule has 4 aliphatic carbocycles. The summed E-state index contributed by atoms with van der Waals surface area (Å²) in [6.07, 6.45) is 16.0. The fraction of sp³-hybridized carbons (Fsp3) is 0.897. The number of piperazine rings is 1. The van der Waals surface area contributed by atoms with Crippen molar-refractivity contribution in [3.05, 3.63) is 12.3 Å². The maximum atomic E-state index is 13.3. The zero-order chi connectivity index (χ0) is 23.3. The molecule has 1 N–H and O–H groups in total. The van der Waals surface area contributed by atoms with Crippen LogP contribution < -0.4 is 5.43 Å². The average molecular weight is 469 g/mol. The van der Waals surface area contributed by atoms with Gasteiger partial charge in [-0.1, -0.05) is 19.9 Å². The second-order valence-corrected chi connectivity index (χ2v) is 13.1. The Balaban J connectivity index is 0.938. The van der Waals surface area contributed by atoms with E-state index >= 15 is 0 Å². The van der Waals surface area contributed by atoms with Crippen molar-refractivity contribution >= 4 is 5.91 Å². The molecule has 1 amide bonds. The summed E-state index contributed by atoms with van der Waals surface area (Å²) in [5, 5.41) is 2.64. The van der Waals surface area contributed by atoms with Gasteiger partial charge in [0.1, 0.15) is 0 Å². The molecule has 2 heterocycles. The Bertz CT molecular complexity index is 758. The summed E-state index contributed by atoms with van der Waals surface area (Å²) in [6.45, 7) is 13.0. The molecule has 5 nitrogen and oxygen atoms in total. The van der Waals surface area contributed by atoms with Crippen LogP contribution in [0.4, 0.5) is 0 Å². The number of allylic oxidation sites excluding steroid dienone is 1. The first kappa shape index (κ1) is 23.3. The minimum Gasteiger partial charge on any atom is -0.371 e. The second-order valence-electron chi connectivity index (χ2n) is 13.1. The van der Waals surface area contributed by atoms with Crippen molar-refractivity contribution in [1.82, 2.24) is 20.2 Å². The molecule has 0 spiro atoms. The molecule has 3 atom stereocenters. The summed E-state index contributed by atoms with van der Waals surface area (Å²) in [6, 6.07) is 0.798. The minimum absolute atomic E-state index is 0.286. The van der Waals surface area contributed by atoms with E-state index in [2.05, 4.69) is 33.7 Å². The van der Waals surface area contributed by atoms with Gasteiger partial charge in [-0.3, -0.25) is 10.2 Å². The van der Waals surface area contributed by atoms with E-state index in [4.69, 9.17) is 0 Å². The number of rotatable bonds is 6. The molecule has 3 unspecified atom stereocenters. The predicted molar refractivity (Wildman–Crippen MR) is 137 cm³/mol. The van der Waals surface area contributed by atoms with Crippen LogP contribution >= 0.6 is 0 Å². The number of carbonyl (C=O) groups is 1. The van der Waals surface area contributed by atoms with Crippen molar-refractivity contribution in [2.45, 2.75) is 90.0 Å². The van der Waals surface area contributed by atoms with Crippen LogP contribution in [0.2, 0.25) is 0 Å². The molecule has 0 radical (unpaired) electrons. The van der Waals surface area contributed by atoms with Gasteiger partial charge < -0.3 is 9.80 Å². The van der Waals surface area contributed by atoms with Gasteiger partial charge in [-0.15, -0.1) is 0 Å². The topological polar surface area (TPSA) is 38.8 Å². The highest BCUT2D eigenvalue weighted by molar-refractivity contribution is 5.79. The third-order valence-corrected chi connectivity index (χ3v) is 11.1. The van der Waals surface area contributed by atoms with Crippen molar-refractivity contribution in [2.24, 2.45) is 35.0 Å². The quantitative estimate of drug-likeness (QED) is 0.616. The highest BCUT2D eigenvalue weighted by atomic mass is 16.2. The number of hydrogen-bond acceptors (Lipinski definition) is 4. The van der Waals surface area contributed by atoms with Gasteiger partial charge in [0.05, 0.1) is 0 Å². The van der Waals surface area contributed by atoms with Crippen molar-refractivity contribution in [3.8, 4) is 0 Å². The van der Waals surface area contributed by atoms with Crippen molar-refractivity contribution in [3.63, 3.8) is 0 Å². The van der Waals surface area contributed by atoms with Crippen LogP contribution in [0, 0.1) is 35.0 Å². The molecule has 0 aromatic heterocycles. The first-order valence-electron chi connectivity index (χ1n) is 14.7. The Morgan fingerprint density at radius 1 is 0.882 bits per heavy atom. The normalized spacial score (nSPS) is 38.3. The summed E-state index contributed by atoms with van der Waals surface area (Å²) in [5.74, 6) is 4.33. The molecule has 5 heteroatoms. The fourth-order valence-electron chi connectivity index (χ4n) is 8.00.